The summed E-state index contributed by atoms with van der Waals surface area (Å²) in [5, 5.41) is 10.2. The second kappa shape index (κ2) is 5.16. The van der Waals surface area contributed by atoms with Crippen molar-refractivity contribution in [3.63, 3.8) is 0 Å². The molecule has 0 saturated heterocycles. The van der Waals surface area contributed by atoms with Crippen LogP contribution in [0.3, 0.4) is 0 Å². The number of nitrogens with two attached hydrogens (primary N) is 1. The molecule has 0 saturated carbocycles. The van der Waals surface area contributed by atoms with Crippen LogP contribution in [-0.4, -0.2) is 19.7 Å². The van der Waals surface area contributed by atoms with Gasteiger partial charge in [-0.3, -0.25) is 0 Å². The van der Waals surface area contributed by atoms with E-state index in [1.807, 2.05) is 25.5 Å². The third-order valence-corrected chi connectivity index (χ3v) is 4.74. The molecule has 0 radical (unpaired) electrons. The Hall–Kier alpha value is -0.920. The molecule has 2 aromatic heterocycles. The maximum absolute atomic E-state index is 5.56. The van der Waals surface area contributed by atoms with E-state index in [1.165, 1.54) is 4.88 Å². The van der Waals surface area contributed by atoms with Gasteiger partial charge in [-0.1, -0.05) is 11.8 Å². The van der Waals surface area contributed by atoms with Crippen molar-refractivity contribution in [1.29, 1.82) is 0 Å². The SMILES string of the molecule is Cc1nc(C)c(CSc2nnc(CN)n2C)s1. The van der Waals surface area contributed by atoms with Crippen LogP contribution in [0.4, 0.5) is 0 Å². The van der Waals surface area contributed by atoms with E-state index in [0.29, 0.717) is 6.54 Å². The van der Waals surface area contributed by atoms with E-state index in [1.54, 1.807) is 23.1 Å². The minimum atomic E-state index is 0.419. The molecule has 2 aromatic rings. The molecule has 5 nitrogen and oxygen atoms in total. The third kappa shape index (κ3) is 2.67. The van der Waals surface area contributed by atoms with E-state index in [2.05, 4.69) is 15.2 Å². The Labute approximate surface area is 108 Å². The quantitative estimate of drug-likeness (QED) is 0.854. The van der Waals surface area contributed by atoms with Gasteiger partial charge in [0.15, 0.2) is 5.16 Å². The van der Waals surface area contributed by atoms with Crippen molar-refractivity contribution in [2.24, 2.45) is 12.8 Å². The summed E-state index contributed by atoms with van der Waals surface area (Å²) >= 11 is 3.41. The van der Waals surface area contributed by atoms with Crippen LogP contribution in [0.25, 0.3) is 0 Å². The predicted octanol–water partition coefficient (Wildman–Crippen LogP) is 1.64. The van der Waals surface area contributed by atoms with Crippen LogP contribution in [0, 0.1) is 13.8 Å². The Morgan fingerprint density at radius 1 is 1.35 bits per heavy atom. The maximum atomic E-state index is 5.56. The van der Waals surface area contributed by atoms with Gasteiger partial charge in [0.1, 0.15) is 5.82 Å². The van der Waals surface area contributed by atoms with Crippen LogP contribution >= 0.6 is 23.1 Å². The molecule has 92 valence electrons. The molecular weight excluding hydrogens is 254 g/mol. The number of hydrogen-bond acceptors (Lipinski definition) is 6. The van der Waals surface area contributed by atoms with E-state index in [0.717, 1.165) is 27.4 Å². The molecule has 0 amide bonds. The first kappa shape index (κ1) is 12.5. The van der Waals surface area contributed by atoms with Crippen molar-refractivity contribution < 1.29 is 0 Å². The molecule has 0 aliphatic rings. The van der Waals surface area contributed by atoms with Gasteiger partial charge < -0.3 is 10.3 Å². The third-order valence-electron chi connectivity index (χ3n) is 2.44. The fourth-order valence-corrected chi connectivity index (χ4v) is 3.50. The zero-order valence-electron chi connectivity index (χ0n) is 10.1. The highest BCUT2D eigenvalue weighted by Gasteiger charge is 2.10. The summed E-state index contributed by atoms with van der Waals surface area (Å²) in [6.45, 7) is 4.49. The van der Waals surface area contributed by atoms with E-state index >= 15 is 0 Å². The summed E-state index contributed by atoms with van der Waals surface area (Å²) in [6, 6.07) is 0. The Balaban J connectivity index is 2.07. The van der Waals surface area contributed by atoms with Crippen LogP contribution in [0.15, 0.2) is 5.16 Å². The summed E-state index contributed by atoms with van der Waals surface area (Å²) in [5.41, 5.74) is 6.67. The lowest BCUT2D eigenvalue weighted by atomic mass is 10.4. The topological polar surface area (TPSA) is 69.6 Å². The zero-order chi connectivity index (χ0) is 12.4. The largest absolute Gasteiger partial charge is 0.324 e. The molecule has 0 aliphatic heterocycles. The molecule has 7 heteroatoms. The molecule has 0 aliphatic carbocycles. The summed E-state index contributed by atoms with van der Waals surface area (Å²) in [7, 11) is 1.94. The van der Waals surface area contributed by atoms with Crippen LogP contribution in [0.5, 0.6) is 0 Å². The average Bonchev–Trinajstić information content (AvgIpc) is 2.79. The number of hydrogen-bond donors (Lipinski definition) is 1. The van der Waals surface area contributed by atoms with Crippen LogP contribution in [-0.2, 0) is 19.3 Å². The minimum absolute atomic E-state index is 0.419. The van der Waals surface area contributed by atoms with Gasteiger partial charge in [-0.25, -0.2) is 4.98 Å². The summed E-state index contributed by atoms with van der Waals surface area (Å²) in [6.07, 6.45) is 0. The van der Waals surface area contributed by atoms with Gasteiger partial charge in [-0.2, -0.15) is 0 Å². The van der Waals surface area contributed by atoms with Crippen LogP contribution in [0.1, 0.15) is 21.4 Å². The second-order valence-corrected chi connectivity index (χ2v) is 5.92. The molecule has 0 aromatic carbocycles. The van der Waals surface area contributed by atoms with E-state index < -0.39 is 0 Å². The first-order valence-electron chi connectivity index (χ1n) is 5.26. The fraction of sp³-hybridized carbons (Fsp3) is 0.500. The molecule has 0 bridgehead atoms. The Kier molecular flexibility index (Phi) is 3.80. The van der Waals surface area contributed by atoms with E-state index in [9.17, 15) is 0 Å². The zero-order valence-corrected chi connectivity index (χ0v) is 11.7. The number of thioether (sulfide) groups is 1. The van der Waals surface area contributed by atoms with E-state index in [4.69, 9.17) is 5.73 Å². The van der Waals surface area contributed by atoms with Crippen LogP contribution < -0.4 is 5.73 Å². The predicted molar refractivity (Wildman–Crippen MR) is 70.0 cm³/mol. The summed E-state index contributed by atoms with van der Waals surface area (Å²) < 4.78 is 1.94. The molecule has 0 unspecified atom stereocenters. The van der Waals surface area contributed by atoms with Gasteiger partial charge in [-0.05, 0) is 13.8 Å². The molecule has 0 fully saturated rings. The van der Waals surface area contributed by atoms with Gasteiger partial charge >= 0.3 is 0 Å². The average molecular weight is 269 g/mol. The highest BCUT2D eigenvalue weighted by atomic mass is 32.2. The second-order valence-electron chi connectivity index (χ2n) is 3.69. The molecule has 2 rings (SSSR count). The number of aromatic nitrogens is 4. The normalized spacial score (nSPS) is 11.1. The first-order chi connectivity index (χ1) is 8.11. The van der Waals surface area contributed by atoms with Crippen molar-refractivity contribution in [3.05, 3.63) is 21.4 Å². The highest BCUT2D eigenvalue weighted by Crippen LogP contribution is 2.26. The smallest absolute Gasteiger partial charge is 0.191 e. The summed E-state index contributed by atoms with van der Waals surface area (Å²) in [5.74, 6) is 1.69. The number of aryl methyl sites for hydroxylation is 2. The Morgan fingerprint density at radius 3 is 2.65 bits per heavy atom. The molecule has 17 heavy (non-hydrogen) atoms. The Bertz CT molecular complexity index is 517. The number of rotatable bonds is 4. The molecular formula is C10H15N5S2. The molecule has 0 spiro atoms. The lowest BCUT2D eigenvalue weighted by Gasteiger charge is -2.01. The number of thiazole rings is 1. The van der Waals surface area contributed by atoms with Gasteiger partial charge in [0.25, 0.3) is 0 Å². The first-order valence-corrected chi connectivity index (χ1v) is 7.06. The fourth-order valence-electron chi connectivity index (χ4n) is 1.49. The van der Waals surface area contributed by atoms with Crippen molar-refractivity contribution in [2.75, 3.05) is 0 Å². The lowest BCUT2D eigenvalue weighted by molar-refractivity contribution is 0.734. The van der Waals surface area contributed by atoms with Crippen molar-refractivity contribution in [3.8, 4) is 0 Å². The summed E-state index contributed by atoms with van der Waals surface area (Å²) in [4.78, 5) is 5.71. The van der Waals surface area contributed by atoms with E-state index in [-0.39, 0.29) is 0 Å². The standard InChI is InChI=1S/C10H15N5S2/c1-6-8(17-7(2)12-6)5-16-10-14-13-9(4-11)15(10)3/h4-5,11H2,1-3H3. The molecule has 2 heterocycles. The minimum Gasteiger partial charge on any atom is -0.324 e. The molecule has 2 N–H and O–H groups in total. The van der Waals surface area contributed by atoms with Gasteiger partial charge in [0.05, 0.1) is 17.2 Å². The van der Waals surface area contributed by atoms with Crippen molar-refractivity contribution in [2.45, 2.75) is 31.3 Å². The van der Waals surface area contributed by atoms with Gasteiger partial charge in [0.2, 0.25) is 0 Å². The lowest BCUT2D eigenvalue weighted by Crippen LogP contribution is -2.05. The monoisotopic (exact) mass is 269 g/mol. The molecule has 0 atom stereocenters. The van der Waals surface area contributed by atoms with Gasteiger partial charge in [-0.15, -0.1) is 21.5 Å². The van der Waals surface area contributed by atoms with Crippen molar-refractivity contribution in [1.82, 2.24) is 19.7 Å². The maximum Gasteiger partial charge on any atom is 0.191 e. The number of nitrogens with zero attached hydrogens (tertiary/aromatic N) is 4. The van der Waals surface area contributed by atoms with Crippen LogP contribution in [0.2, 0.25) is 0 Å². The van der Waals surface area contributed by atoms with Crippen molar-refractivity contribution >= 4 is 23.1 Å². The van der Waals surface area contributed by atoms with Gasteiger partial charge in [0, 0.05) is 17.7 Å². The highest BCUT2D eigenvalue weighted by molar-refractivity contribution is 7.98. The Morgan fingerprint density at radius 2 is 2.12 bits per heavy atom.